The van der Waals surface area contributed by atoms with Gasteiger partial charge >= 0.3 is 0 Å². The maximum atomic E-state index is 12.9. The van der Waals surface area contributed by atoms with Crippen LogP contribution in [0.1, 0.15) is 12.5 Å². The van der Waals surface area contributed by atoms with Crippen LogP contribution in [0.5, 0.6) is 0 Å². The summed E-state index contributed by atoms with van der Waals surface area (Å²) in [6.45, 7) is 4.57. The summed E-state index contributed by atoms with van der Waals surface area (Å²) in [6, 6.07) is 22.0. The van der Waals surface area contributed by atoms with E-state index in [4.69, 9.17) is 4.42 Å². The Morgan fingerprint density at radius 1 is 1.00 bits per heavy atom. The minimum absolute atomic E-state index is 0.00416. The Morgan fingerprint density at radius 2 is 1.76 bits per heavy atom. The van der Waals surface area contributed by atoms with Crippen LogP contribution in [0, 0.1) is 6.92 Å². The number of carbonyl (C=O) groups is 1. The first kappa shape index (κ1) is 19.2. The molecular weight excluding hydrogens is 382 g/mol. The normalized spacial score (nSPS) is 11.0. The Morgan fingerprint density at radius 3 is 2.59 bits per heavy atom. The predicted molar refractivity (Wildman–Crippen MR) is 117 cm³/mol. The van der Waals surface area contributed by atoms with Gasteiger partial charge in [0.2, 0.25) is 11.8 Å². The number of amides is 1. The van der Waals surface area contributed by atoms with E-state index in [2.05, 4.69) is 22.3 Å². The minimum atomic E-state index is 0.00416. The number of aromatic nitrogens is 2. The van der Waals surface area contributed by atoms with E-state index in [1.807, 2.05) is 68.4 Å². The van der Waals surface area contributed by atoms with Crippen molar-refractivity contribution < 1.29 is 9.21 Å². The van der Waals surface area contributed by atoms with E-state index in [0.29, 0.717) is 17.7 Å². The number of aryl methyl sites for hydroxylation is 1. The second-order valence-corrected chi connectivity index (χ2v) is 7.54. The molecule has 0 N–H and O–H groups in total. The largest absolute Gasteiger partial charge is 0.411 e. The summed E-state index contributed by atoms with van der Waals surface area (Å²) in [6.07, 6.45) is 0. The summed E-state index contributed by atoms with van der Waals surface area (Å²) >= 11 is 1.26. The van der Waals surface area contributed by atoms with Gasteiger partial charge in [-0.2, -0.15) is 0 Å². The van der Waals surface area contributed by atoms with Gasteiger partial charge in [-0.3, -0.25) is 4.79 Å². The smallest absolute Gasteiger partial charge is 0.277 e. The zero-order valence-corrected chi connectivity index (χ0v) is 17.1. The average molecular weight is 404 g/mol. The van der Waals surface area contributed by atoms with Crippen LogP contribution in [0.4, 0.5) is 5.69 Å². The lowest BCUT2D eigenvalue weighted by atomic mass is 10.1. The molecule has 0 aliphatic carbocycles. The molecule has 0 spiro atoms. The van der Waals surface area contributed by atoms with Gasteiger partial charge in [-0.15, -0.1) is 10.2 Å². The molecule has 29 heavy (non-hydrogen) atoms. The number of thioether (sulfide) groups is 1. The first-order valence-corrected chi connectivity index (χ1v) is 10.5. The Kier molecular flexibility index (Phi) is 5.62. The van der Waals surface area contributed by atoms with Gasteiger partial charge in [-0.05, 0) is 36.9 Å². The third-order valence-corrected chi connectivity index (χ3v) is 5.58. The van der Waals surface area contributed by atoms with Crippen molar-refractivity contribution >= 4 is 34.1 Å². The van der Waals surface area contributed by atoms with E-state index in [0.717, 1.165) is 27.6 Å². The van der Waals surface area contributed by atoms with Crippen LogP contribution in [-0.4, -0.2) is 28.4 Å². The molecule has 1 aromatic heterocycles. The van der Waals surface area contributed by atoms with Crippen molar-refractivity contribution in [1.29, 1.82) is 0 Å². The summed E-state index contributed by atoms with van der Waals surface area (Å²) in [5, 5.41) is 10.8. The summed E-state index contributed by atoms with van der Waals surface area (Å²) in [5.74, 6) is 0.705. The van der Waals surface area contributed by atoms with E-state index in [-0.39, 0.29) is 11.7 Å². The lowest BCUT2D eigenvalue weighted by Gasteiger charge is -2.22. The van der Waals surface area contributed by atoms with Crippen LogP contribution in [0.15, 0.2) is 76.4 Å². The topological polar surface area (TPSA) is 59.2 Å². The number of fused-ring (bicyclic) bond motifs is 1. The molecule has 0 aliphatic rings. The highest BCUT2D eigenvalue weighted by Crippen LogP contribution is 2.29. The first-order chi connectivity index (χ1) is 14.2. The highest BCUT2D eigenvalue weighted by atomic mass is 32.2. The van der Waals surface area contributed by atoms with Crippen LogP contribution < -0.4 is 4.90 Å². The SMILES string of the molecule is CCN(C(=O)CSc1nnc(-c2ccccc2C)o1)c1cccc2ccccc12. The van der Waals surface area contributed by atoms with E-state index in [9.17, 15) is 4.79 Å². The number of rotatable bonds is 6. The molecule has 0 saturated carbocycles. The van der Waals surface area contributed by atoms with Crippen molar-refractivity contribution in [2.75, 3.05) is 17.2 Å². The fraction of sp³-hybridized carbons (Fsp3) is 0.174. The van der Waals surface area contributed by atoms with E-state index >= 15 is 0 Å². The Balaban J connectivity index is 1.50. The lowest BCUT2D eigenvalue weighted by molar-refractivity contribution is -0.116. The Hall–Kier alpha value is -3.12. The first-order valence-electron chi connectivity index (χ1n) is 9.48. The molecule has 0 atom stereocenters. The van der Waals surface area contributed by atoms with Gasteiger partial charge in [-0.25, -0.2) is 0 Å². The van der Waals surface area contributed by atoms with Gasteiger partial charge in [-0.1, -0.05) is 66.4 Å². The molecule has 1 heterocycles. The molecular formula is C23H21N3O2S. The zero-order valence-electron chi connectivity index (χ0n) is 16.3. The van der Waals surface area contributed by atoms with Gasteiger partial charge in [0.25, 0.3) is 5.22 Å². The fourth-order valence-corrected chi connectivity index (χ4v) is 3.96. The van der Waals surface area contributed by atoms with Crippen LogP contribution in [0.25, 0.3) is 22.2 Å². The number of hydrogen-bond donors (Lipinski definition) is 0. The molecule has 146 valence electrons. The minimum Gasteiger partial charge on any atom is -0.411 e. The van der Waals surface area contributed by atoms with Gasteiger partial charge in [0.1, 0.15) is 0 Å². The molecule has 4 aromatic rings. The molecule has 3 aromatic carbocycles. The molecule has 0 radical (unpaired) electrons. The molecule has 0 saturated heterocycles. The predicted octanol–water partition coefficient (Wildman–Crippen LogP) is 5.34. The summed E-state index contributed by atoms with van der Waals surface area (Å²) < 4.78 is 5.76. The van der Waals surface area contributed by atoms with Crippen LogP contribution in [-0.2, 0) is 4.79 Å². The standard InChI is InChI=1S/C23H21N3O2S/c1-3-26(20-14-8-11-17-10-5-7-13-19(17)20)21(27)15-29-23-25-24-22(28-23)18-12-6-4-9-16(18)2/h4-14H,3,15H2,1-2H3. The maximum Gasteiger partial charge on any atom is 0.277 e. The molecule has 0 aliphatic heterocycles. The summed E-state index contributed by atoms with van der Waals surface area (Å²) in [5.41, 5.74) is 2.89. The fourth-order valence-electron chi connectivity index (χ4n) is 3.32. The summed E-state index contributed by atoms with van der Waals surface area (Å²) in [4.78, 5) is 14.7. The van der Waals surface area contributed by atoms with E-state index < -0.39 is 0 Å². The molecule has 1 amide bonds. The second-order valence-electron chi connectivity index (χ2n) is 6.61. The van der Waals surface area contributed by atoms with Crippen LogP contribution >= 0.6 is 11.8 Å². The number of anilines is 1. The monoisotopic (exact) mass is 403 g/mol. The second kappa shape index (κ2) is 8.49. The van der Waals surface area contributed by atoms with Crippen LogP contribution in [0.3, 0.4) is 0 Å². The molecule has 0 unspecified atom stereocenters. The Labute approximate surface area is 173 Å². The van der Waals surface area contributed by atoms with Crippen molar-refractivity contribution in [3.05, 3.63) is 72.3 Å². The molecule has 0 fully saturated rings. The lowest BCUT2D eigenvalue weighted by Crippen LogP contribution is -2.32. The van der Waals surface area contributed by atoms with E-state index in [1.54, 1.807) is 4.90 Å². The van der Waals surface area contributed by atoms with Gasteiger partial charge in [0, 0.05) is 17.5 Å². The number of benzene rings is 3. The van der Waals surface area contributed by atoms with Crippen molar-refractivity contribution in [2.24, 2.45) is 0 Å². The zero-order chi connectivity index (χ0) is 20.2. The van der Waals surface area contributed by atoms with Crippen molar-refractivity contribution in [2.45, 2.75) is 19.1 Å². The van der Waals surface area contributed by atoms with Crippen molar-refractivity contribution in [3.8, 4) is 11.5 Å². The quantitative estimate of drug-likeness (QED) is 0.407. The molecule has 5 nitrogen and oxygen atoms in total. The Bertz CT molecular complexity index is 1150. The van der Waals surface area contributed by atoms with Crippen molar-refractivity contribution in [1.82, 2.24) is 10.2 Å². The van der Waals surface area contributed by atoms with Crippen LogP contribution in [0.2, 0.25) is 0 Å². The highest BCUT2D eigenvalue weighted by molar-refractivity contribution is 7.99. The number of carbonyl (C=O) groups excluding carboxylic acids is 1. The molecule has 6 heteroatoms. The maximum absolute atomic E-state index is 12.9. The third kappa shape index (κ3) is 4.03. The van der Waals surface area contributed by atoms with Gasteiger partial charge in [0.15, 0.2) is 0 Å². The average Bonchev–Trinajstić information content (AvgIpc) is 3.22. The van der Waals surface area contributed by atoms with Crippen molar-refractivity contribution in [3.63, 3.8) is 0 Å². The third-order valence-electron chi connectivity index (χ3n) is 4.78. The van der Waals surface area contributed by atoms with Gasteiger partial charge in [0.05, 0.1) is 11.4 Å². The highest BCUT2D eigenvalue weighted by Gasteiger charge is 2.18. The molecule has 0 bridgehead atoms. The van der Waals surface area contributed by atoms with E-state index in [1.165, 1.54) is 11.8 Å². The summed E-state index contributed by atoms with van der Waals surface area (Å²) in [7, 11) is 0. The molecule has 4 rings (SSSR count). The number of hydrogen-bond acceptors (Lipinski definition) is 5. The number of nitrogens with zero attached hydrogens (tertiary/aromatic N) is 3. The van der Waals surface area contributed by atoms with Gasteiger partial charge < -0.3 is 9.32 Å².